The van der Waals surface area contributed by atoms with Gasteiger partial charge in [0.2, 0.25) is 0 Å². The molecule has 0 spiro atoms. The number of rotatable bonds is 2. The molecule has 1 heterocycles. The molecule has 0 bridgehead atoms. The van der Waals surface area contributed by atoms with Crippen molar-refractivity contribution in [2.75, 3.05) is 18.0 Å². The van der Waals surface area contributed by atoms with Crippen LogP contribution in [-0.4, -0.2) is 29.4 Å². The maximum Gasteiger partial charge on any atom is 0.0715 e. The highest BCUT2D eigenvalue weighted by Gasteiger charge is 2.18. The van der Waals surface area contributed by atoms with Gasteiger partial charge in [0.15, 0.2) is 0 Å². The first-order valence-corrected chi connectivity index (χ1v) is 6.32. The molecule has 1 saturated heterocycles. The second kappa shape index (κ2) is 5.17. The number of aliphatic hydroxyl groups is 2. The van der Waals surface area contributed by atoms with Gasteiger partial charge in [0.25, 0.3) is 0 Å². The van der Waals surface area contributed by atoms with E-state index in [0.29, 0.717) is 6.54 Å². The maximum absolute atomic E-state index is 9.62. The van der Waals surface area contributed by atoms with Crippen LogP contribution in [0.4, 0.5) is 5.69 Å². The van der Waals surface area contributed by atoms with Crippen molar-refractivity contribution in [3.05, 3.63) is 28.2 Å². The summed E-state index contributed by atoms with van der Waals surface area (Å²) in [6, 6.07) is 5.92. The van der Waals surface area contributed by atoms with E-state index < -0.39 is 0 Å². The monoisotopic (exact) mass is 285 g/mol. The van der Waals surface area contributed by atoms with E-state index in [1.165, 1.54) is 0 Å². The van der Waals surface area contributed by atoms with Crippen molar-refractivity contribution in [1.82, 2.24) is 0 Å². The zero-order chi connectivity index (χ0) is 11.5. The molecule has 16 heavy (non-hydrogen) atoms. The fourth-order valence-corrected chi connectivity index (χ4v) is 2.54. The highest BCUT2D eigenvalue weighted by atomic mass is 79.9. The summed E-state index contributed by atoms with van der Waals surface area (Å²) in [5.74, 6) is 0. The van der Waals surface area contributed by atoms with Crippen LogP contribution in [0.3, 0.4) is 0 Å². The normalized spacial score (nSPS) is 21.2. The lowest BCUT2D eigenvalue weighted by atomic mass is 10.1. The molecule has 2 rings (SSSR count). The van der Waals surface area contributed by atoms with Crippen LogP contribution < -0.4 is 4.90 Å². The Bertz CT molecular complexity index is 370. The predicted molar refractivity (Wildman–Crippen MR) is 67.5 cm³/mol. The van der Waals surface area contributed by atoms with Gasteiger partial charge < -0.3 is 15.1 Å². The molecule has 0 radical (unpaired) electrons. The molecule has 88 valence electrons. The van der Waals surface area contributed by atoms with Gasteiger partial charge in [0, 0.05) is 23.2 Å². The quantitative estimate of drug-likeness (QED) is 0.872. The van der Waals surface area contributed by atoms with Crippen LogP contribution in [0.1, 0.15) is 18.4 Å². The van der Waals surface area contributed by atoms with Crippen molar-refractivity contribution in [1.29, 1.82) is 0 Å². The van der Waals surface area contributed by atoms with Gasteiger partial charge in [-0.25, -0.2) is 0 Å². The molecule has 0 amide bonds. The standard InChI is InChI=1S/C12H16BrNO2/c13-12-6-10(4-3-9(12)8-15)14-5-1-2-11(16)7-14/h3-4,6,11,15-16H,1-2,5,7-8H2. The molecular weight excluding hydrogens is 270 g/mol. The molecule has 2 N–H and O–H groups in total. The van der Waals surface area contributed by atoms with Gasteiger partial charge in [0.05, 0.1) is 12.7 Å². The minimum atomic E-state index is -0.218. The minimum absolute atomic E-state index is 0.0451. The Morgan fingerprint density at radius 2 is 2.25 bits per heavy atom. The summed E-state index contributed by atoms with van der Waals surface area (Å²) >= 11 is 3.44. The zero-order valence-electron chi connectivity index (χ0n) is 9.06. The van der Waals surface area contributed by atoms with E-state index in [2.05, 4.69) is 20.8 Å². The summed E-state index contributed by atoms with van der Waals surface area (Å²) in [6.07, 6.45) is 1.71. The minimum Gasteiger partial charge on any atom is -0.392 e. The third-order valence-corrected chi connectivity index (χ3v) is 3.71. The Labute approximate surface area is 104 Å². The number of hydrogen-bond donors (Lipinski definition) is 2. The van der Waals surface area contributed by atoms with E-state index in [4.69, 9.17) is 5.11 Å². The molecule has 1 aliphatic heterocycles. The Hall–Kier alpha value is -0.580. The van der Waals surface area contributed by atoms with Crippen molar-refractivity contribution in [3.63, 3.8) is 0 Å². The summed E-state index contributed by atoms with van der Waals surface area (Å²) in [7, 11) is 0. The average Bonchev–Trinajstić information content (AvgIpc) is 2.29. The molecule has 1 fully saturated rings. The molecule has 1 aromatic rings. The maximum atomic E-state index is 9.62. The van der Waals surface area contributed by atoms with E-state index >= 15 is 0 Å². The summed E-state index contributed by atoms with van der Waals surface area (Å²) in [4.78, 5) is 2.18. The van der Waals surface area contributed by atoms with Gasteiger partial charge in [0.1, 0.15) is 0 Å². The van der Waals surface area contributed by atoms with Crippen LogP contribution in [0.2, 0.25) is 0 Å². The number of benzene rings is 1. The number of piperidine rings is 1. The summed E-state index contributed by atoms with van der Waals surface area (Å²) < 4.78 is 0.924. The van der Waals surface area contributed by atoms with Crippen LogP contribution in [-0.2, 0) is 6.61 Å². The summed E-state index contributed by atoms with van der Waals surface area (Å²) in [5, 5.41) is 18.7. The van der Waals surface area contributed by atoms with E-state index in [0.717, 1.165) is 35.1 Å². The lowest BCUT2D eigenvalue weighted by molar-refractivity contribution is 0.154. The molecular formula is C12H16BrNO2. The van der Waals surface area contributed by atoms with Crippen LogP contribution in [0, 0.1) is 0 Å². The fraction of sp³-hybridized carbons (Fsp3) is 0.500. The Morgan fingerprint density at radius 3 is 2.88 bits per heavy atom. The number of halogens is 1. The van der Waals surface area contributed by atoms with Crippen LogP contribution >= 0.6 is 15.9 Å². The number of aliphatic hydroxyl groups excluding tert-OH is 2. The highest BCUT2D eigenvalue weighted by molar-refractivity contribution is 9.10. The molecule has 1 unspecified atom stereocenters. The van der Waals surface area contributed by atoms with Gasteiger partial charge in [-0.05, 0) is 30.5 Å². The lowest BCUT2D eigenvalue weighted by Gasteiger charge is -2.32. The molecule has 1 aromatic carbocycles. The predicted octanol–water partition coefficient (Wildman–Crippen LogP) is 1.90. The average molecular weight is 286 g/mol. The van der Waals surface area contributed by atoms with E-state index in [1.54, 1.807) is 0 Å². The second-order valence-corrected chi connectivity index (χ2v) is 5.03. The van der Waals surface area contributed by atoms with Crippen LogP contribution in [0.25, 0.3) is 0 Å². The van der Waals surface area contributed by atoms with E-state index in [9.17, 15) is 5.11 Å². The molecule has 1 aliphatic rings. The molecule has 0 saturated carbocycles. The smallest absolute Gasteiger partial charge is 0.0715 e. The van der Waals surface area contributed by atoms with Gasteiger partial charge in [-0.2, -0.15) is 0 Å². The van der Waals surface area contributed by atoms with E-state index in [1.807, 2.05) is 18.2 Å². The zero-order valence-corrected chi connectivity index (χ0v) is 10.7. The third-order valence-electron chi connectivity index (χ3n) is 2.97. The first-order valence-electron chi connectivity index (χ1n) is 5.53. The lowest BCUT2D eigenvalue weighted by Crippen LogP contribution is -2.38. The number of hydrogen-bond acceptors (Lipinski definition) is 3. The number of anilines is 1. The first-order chi connectivity index (χ1) is 7.70. The van der Waals surface area contributed by atoms with Crippen molar-refractivity contribution in [2.45, 2.75) is 25.6 Å². The van der Waals surface area contributed by atoms with Crippen molar-refractivity contribution in [3.8, 4) is 0 Å². The molecule has 3 nitrogen and oxygen atoms in total. The van der Waals surface area contributed by atoms with Gasteiger partial charge >= 0.3 is 0 Å². The second-order valence-electron chi connectivity index (χ2n) is 4.18. The first kappa shape index (κ1) is 11.9. The van der Waals surface area contributed by atoms with Crippen molar-refractivity contribution >= 4 is 21.6 Å². The summed E-state index contributed by atoms with van der Waals surface area (Å²) in [6.45, 7) is 1.73. The largest absolute Gasteiger partial charge is 0.392 e. The van der Waals surface area contributed by atoms with Crippen LogP contribution in [0.15, 0.2) is 22.7 Å². The van der Waals surface area contributed by atoms with Crippen LogP contribution in [0.5, 0.6) is 0 Å². The van der Waals surface area contributed by atoms with E-state index in [-0.39, 0.29) is 12.7 Å². The number of β-amino-alcohol motifs (C(OH)–C–C–N with tert-alkyl or cyclic N) is 1. The fourth-order valence-electron chi connectivity index (χ4n) is 2.05. The van der Waals surface area contributed by atoms with Crippen molar-refractivity contribution < 1.29 is 10.2 Å². The molecule has 0 aliphatic carbocycles. The molecule has 0 aromatic heterocycles. The van der Waals surface area contributed by atoms with Crippen molar-refractivity contribution in [2.24, 2.45) is 0 Å². The Morgan fingerprint density at radius 1 is 1.44 bits per heavy atom. The molecule has 1 atom stereocenters. The summed E-state index contributed by atoms with van der Waals surface area (Å²) in [5.41, 5.74) is 1.99. The van der Waals surface area contributed by atoms with Gasteiger partial charge in [-0.15, -0.1) is 0 Å². The molecule has 4 heteroatoms. The Balaban J connectivity index is 2.17. The number of nitrogens with zero attached hydrogens (tertiary/aromatic N) is 1. The SMILES string of the molecule is OCc1ccc(N2CCCC(O)C2)cc1Br. The van der Waals surface area contributed by atoms with Gasteiger partial charge in [-0.3, -0.25) is 0 Å². The topological polar surface area (TPSA) is 43.7 Å². The third kappa shape index (κ3) is 2.56. The highest BCUT2D eigenvalue weighted by Crippen LogP contribution is 2.26. The Kier molecular flexibility index (Phi) is 3.84. The van der Waals surface area contributed by atoms with Gasteiger partial charge in [-0.1, -0.05) is 22.0 Å².